The Balaban J connectivity index is 1.58. The fourth-order valence-corrected chi connectivity index (χ4v) is 3.56. The van der Waals surface area contributed by atoms with E-state index in [1.165, 1.54) is 57.8 Å². The van der Waals surface area contributed by atoms with Crippen LogP contribution >= 0.6 is 0 Å². The van der Waals surface area contributed by atoms with E-state index in [0.29, 0.717) is 6.42 Å². The van der Waals surface area contributed by atoms with E-state index in [1.807, 2.05) is 24.3 Å². The van der Waals surface area contributed by atoms with Crippen LogP contribution in [0.3, 0.4) is 0 Å². The summed E-state index contributed by atoms with van der Waals surface area (Å²) in [5.74, 6) is 0.759. The van der Waals surface area contributed by atoms with E-state index in [9.17, 15) is 4.79 Å². The minimum Gasteiger partial charge on any atom is -0.497 e. The first-order chi connectivity index (χ1) is 15.2. The van der Waals surface area contributed by atoms with Crippen LogP contribution in [-0.2, 0) is 4.79 Å². The minimum atomic E-state index is -0.0401. The number of carbonyl (C=O) groups excluding carboxylic acids is 1. The highest BCUT2D eigenvalue weighted by molar-refractivity contribution is 5.89. The Kier molecular flexibility index (Phi) is 12.1. The summed E-state index contributed by atoms with van der Waals surface area (Å²) in [4.78, 5) is 12.0. The van der Waals surface area contributed by atoms with Crippen molar-refractivity contribution in [3.05, 3.63) is 36.0 Å². The van der Waals surface area contributed by atoms with Gasteiger partial charge in [0.25, 0.3) is 0 Å². The number of unbranched alkanes of at least 4 members (excludes halogenated alkanes) is 10. The van der Waals surface area contributed by atoms with Crippen LogP contribution in [0.1, 0.15) is 89.5 Å². The molecule has 0 saturated heterocycles. The van der Waals surface area contributed by atoms with Gasteiger partial charge in [0.2, 0.25) is 5.91 Å². The van der Waals surface area contributed by atoms with Crippen LogP contribution in [0.4, 0.5) is 0 Å². The molecule has 1 aromatic heterocycles. The highest BCUT2D eigenvalue weighted by atomic mass is 16.5. The molecule has 0 fully saturated rings. The van der Waals surface area contributed by atoms with Gasteiger partial charge in [0, 0.05) is 17.5 Å². The Bertz CT molecular complexity index is 768. The lowest BCUT2D eigenvalue weighted by atomic mass is 10.1. The van der Waals surface area contributed by atoms with Gasteiger partial charge < -0.3 is 4.74 Å². The molecule has 6 nitrogen and oxygen atoms in total. The number of nitrogens with zero attached hydrogens (tertiary/aromatic N) is 2. The number of carbonyl (C=O) groups is 1. The molecule has 2 N–H and O–H groups in total. The molecule has 0 saturated carbocycles. The summed E-state index contributed by atoms with van der Waals surface area (Å²) in [5, 5.41) is 11.2. The van der Waals surface area contributed by atoms with E-state index < -0.39 is 0 Å². The number of hydrazone groups is 1. The molecule has 1 aromatic carbocycles. The predicted octanol–water partition coefficient (Wildman–Crippen LogP) is 6.24. The van der Waals surface area contributed by atoms with Crippen molar-refractivity contribution in [3.63, 3.8) is 0 Å². The molecule has 0 spiro atoms. The van der Waals surface area contributed by atoms with Crippen LogP contribution in [0.25, 0.3) is 11.3 Å². The van der Waals surface area contributed by atoms with Crippen molar-refractivity contribution in [2.75, 3.05) is 7.11 Å². The molecule has 0 radical (unpaired) electrons. The van der Waals surface area contributed by atoms with E-state index in [2.05, 4.69) is 27.6 Å². The molecule has 2 rings (SSSR count). The Morgan fingerprint density at radius 1 is 1.00 bits per heavy atom. The molecule has 0 atom stereocenters. The van der Waals surface area contributed by atoms with Crippen LogP contribution in [0, 0.1) is 0 Å². The van der Waals surface area contributed by atoms with Gasteiger partial charge in [-0.15, -0.1) is 0 Å². The van der Waals surface area contributed by atoms with E-state index in [4.69, 9.17) is 4.74 Å². The van der Waals surface area contributed by atoms with Crippen molar-refractivity contribution in [3.8, 4) is 17.0 Å². The van der Waals surface area contributed by atoms with Gasteiger partial charge in [0.1, 0.15) is 5.75 Å². The fourth-order valence-electron chi connectivity index (χ4n) is 3.56. The fraction of sp³-hybridized carbons (Fsp3) is 0.560. The molecular formula is C25H38N4O2. The third-order valence-corrected chi connectivity index (χ3v) is 5.45. The second-order valence-corrected chi connectivity index (χ2v) is 8.01. The number of hydrogen-bond donors (Lipinski definition) is 2. The van der Waals surface area contributed by atoms with Crippen LogP contribution in [-0.4, -0.2) is 29.4 Å². The molecule has 6 heteroatoms. The van der Waals surface area contributed by atoms with Crippen molar-refractivity contribution in [1.82, 2.24) is 15.6 Å². The topological polar surface area (TPSA) is 79.4 Å². The van der Waals surface area contributed by atoms with Gasteiger partial charge in [-0.1, -0.05) is 71.1 Å². The Hall–Kier alpha value is -2.63. The Morgan fingerprint density at radius 3 is 2.23 bits per heavy atom. The molecule has 0 aliphatic heterocycles. The second kappa shape index (κ2) is 15.2. The van der Waals surface area contributed by atoms with Gasteiger partial charge >= 0.3 is 0 Å². The number of rotatable bonds is 16. The second-order valence-electron chi connectivity index (χ2n) is 8.01. The summed E-state index contributed by atoms with van der Waals surface area (Å²) in [6.45, 7) is 2.26. The van der Waals surface area contributed by atoms with Gasteiger partial charge in [-0.2, -0.15) is 10.2 Å². The van der Waals surface area contributed by atoms with Gasteiger partial charge in [-0.25, -0.2) is 5.43 Å². The molecule has 31 heavy (non-hydrogen) atoms. The number of hydrogen-bond acceptors (Lipinski definition) is 4. The zero-order valence-corrected chi connectivity index (χ0v) is 19.2. The molecule has 1 amide bonds. The zero-order valence-electron chi connectivity index (χ0n) is 19.2. The molecule has 0 bridgehead atoms. The summed E-state index contributed by atoms with van der Waals surface area (Å²) < 4.78 is 5.19. The molecular weight excluding hydrogens is 388 g/mol. The highest BCUT2D eigenvalue weighted by Crippen LogP contribution is 2.22. The number of H-pyrrole nitrogens is 1. The maximum absolute atomic E-state index is 12.0. The summed E-state index contributed by atoms with van der Waals surface area (Å²) >= 11 is 0. The molecule has 1 heterocycles. The monoisotopic (exact) mass is 426 g/mol. The average Bonchev–Trinajstić information content (AvgIpc) is 3.26. The van der Waals surface area contributed by atoms with E-state index in [1.54, 1.807) is 19.5 Å². The lowest BCUT2D eigenvalue weighted by Gasteiger charge is -2.03. The predicted molar refractivity (Wildman–Crippen MR) is 127 cm³/mol. The molecule has 2 aromatic rings. The van der Waals surface area contributed by atoms with E-state index in [0.717, 1.165) is 35.4 Å². The van der Waals surface area contributed by atoms with Gasteiger partial charge in [-0.05, 0) is 30.7 Å². The van der Waals surface area contributed by atoms with Crippen molar-refractivity contribution >= 4 is 12.1 Å². The third-order valence-electron chi connectivity index (χ3n) is 5.45. The lowest BCUT2D eigenvalue weighted by Crippen LogP contribution is -2.16. The van der Waals surface area contributed by atoms with E-state index in [-0.39, 0.29) is 5.91 Å². The first-order valence-corrected chi connectivity index (χ1v) is 11.7. The number of aromatic amines is 1. The van der Waals surface area contributed by atoms with Crippen LogP contribution in [0.2, 0.25) is 0 Å². The standard InChI is InChI=1S/C25H38N4O2/c1-3-4-5-6-7-8-9-10-11-12-13-14-24(30)28-26-19-22-20-27-29-25(22)21-15-17-23(31-2)18-16-21/h15-20H,3-14H2,1-2H3,(H,27,29)(H,28,30). The largest absolute Gasteiger partial charge is 0.497 e. The maximum atomic E-state index is 12.0. The SMILES string of the molecule is CCCCCCCCCCCCCC(=O)NN=Cc1cn[nH]c1-c1ccc(OC)cc1. The number of ether oxygens (including phenoxy) is 1. The molecule has 0 unspecified atom stereocenters. The lowest BCUT2D eigenvalue weighted by molar-refractivity contribution is -0.121. The quantitative estimate of drug-likeness (QED) is 0.189. The normalized spacial score (nSPS) is 11.2. The zero-order chi connectivity index (χ0) is 22.2. The Labute approximate surface area is 186 Å². The van der Waals surface area contributed by atoms with Gasteiger partial charge in [-0.3, -0.25) is 9.89 Å². The Morgan fingerprint density at radius 2 is 1.61 bits per heavy atom. The maximum Gasteiger partial charge on any atom is 0.240 e. The number of amides is 1. The van der Waals surface area contributed by atoms with Crippen molar-refractivity contribution in [1.29, 1.82) is 0 Å². The smallest absolute Gasteiger partial charge is 0.240 e. The number of nitrogens with one attached hydrogen (secondary N) is 2. The summed E-state index contributed by atoms with van der Waals surface area (Å²) in [7, 11) is 1.64. The van der Waals surface area contributed by atoms with Crippen molar-refractivity contribution in [2.24, 2.45) is 5.10 Å². The third kappa shape index (κ3) is 9.81. The first-order valence-electron chi connectivity index (χ1n) is 11.7. The number of aromatic nitrogens is 2. The summed E-state index contributed by atoms with van der Waals surface area (Å²) in [6.07, 6.45) is 17.9. The number of benzene rings is 1. The summed E-state index contributed by atoms with van der Waals surface area (Å²) in [5.41, 5.74) is 5.27. The highest BCUT2D eigenvalue weighted by Gasteiger charge is 2.06. The first kappa shape index (κ1) is 24.6. The average molecular weight is 427 g/mol. The van der Waals surface area contributed by atoms with Crippen LogP contribution in [0.15, 0.2) is 35.6 Å². The van der Waals surface area contributed by atoms with Crippen LogP contribution < -0.4 is 10.2 Å². The molecule has 170 valence electrons. The number of methoxy groups -OCH3 is 1. The van der Waals surface area contributed by atoms with Crippen LogP contribution in [0.5, 0.6) is 5.75 Å². The van der Waals surface area contributed by atoms with Gasteiger partial charge in [0.05, 0.1) is 25.2 Å². The van der Waals surface area contributed by atoms with Gasteiger partial charge in [0.15, 0.2) is 0 Å². The van der Waals surface area contributed by atoms with Crippen molar-refractivity contribution < 1.29 is 9.53 Å². The van der Waals surface area contributed by atoms with Crippen molar-refractivity contribution in [2.45, 2.75) is 84.0 Å². The molecule has 0 aliphatic carbocycles. The molecule has 0 aliphatic rings. The minimum absolute atomic E-state index is 0.0401. The summed E-state index contributed by atoms with van der Waals surface area (Å²) in [6, 6.07) is 7.70. The van der Waals surface area contributed by atoms with E-state index >= 15 is 0 Å².